The van der Waals surface area contributed by atoms with Crippen LogP contribution in [0.25, 0.3) is 0 Å². The molecule has 14 heavy (non-hydrogen) atoms. The second-order valence-corrected chi connectivity index (χ2v) is 4.03. The molecule has 3 nitrogen and oxygen atoms in total. The molecule has 0 spiro atoms. The summed E-state index contributed by atoms with van der Waals surface area (Å²) in [6.07, 6.45) is 4.44. The fourth-order valence-corrected chi connectivity index (χ4v) is 1.74. The molecule has 1 saturated heterocycles. The van der Waals surface area contributed by atoms with Crippen LogP contribution in [0.15, 0.2) is 6.20 Å². The highest BCUT2D eigenvalue weighted by Gasteiger charge is 2.19. The maximum atomic E-state index is 4.40. The minimum absolute atomic E-state index is 0. The van der Waals surface area contributed by atoms with Gasteiger partial charge in [-0.05, 0) is 25.3 Å². The van der Waals surface area contributed by atoms with Gasteiger partial charge in [-0.3, -0.25) is 0 Å². The van der Waals surface area contributed by atoms with Gasteiger partial charge in [0.15, 0.2) is 0 Å². The third-order valence-corrected chi connectivity index (χ3v) is 2.63. The van der Waals surface area contributed by atoms with Gasteiger partial charge >= 0.3 is 0 Å². The summed E-state index contributed by atoms with van der Waals surface area (Å²) < 4.78 is 0. The SMILES string of the molecule is CC(C)c1cnc([C@@H]2CCCN2)[nH]1.Cl. The molecule has 0 bridgehead atoms. The monoisotopic (exact) mass is 215 g/mol. The van der Waals surface area contributed by atoms with Gasteiger partial charge in [-0.15, -0.1) is 12.4 Å². The summed E-state index contributed by atoms with van der Waals surface area (Å²) in [7, 11) is 0. The van der Waals surface area contributed by atoms with E-state index < -0.39 is 0 Å². The second-order valence-electron chi connectivity index (χ2n) is 4.03. The maximum Gasteiger partial charge on any atom is 0.123 e. The number of nitrogens with zero attached hydrogens (tertiary/aromatic N) is 1. The van der Waals surface area contributed by atoms with Crippen molar-refractivity contribution in [1.29, 1.82) is 0 Å². The molecule has 0 unspecified atom stereocenters. The molecule has 0 saturated carbocycles. The van der Waals surface area contributed by atoms with E-state index in [1.807, 2.05) is 6.20 Å². The highest BCUT2D eigenvalue weighted by molar-refractivity contribution is 5.85. The summed E-state index contributed by atoms with van der Waals surface area (Å²) >= 11 is 0. The van der Waals surface area contributed by atoms with Gasteiger partial charge < -0.3 is 10.3 Å². The number of hydrogen-bond acceptors (Lipinski definition) is 2. The van der Waals surface area contributed by atoms with Crippen LogP contribution in [0.2, 0.25) is 0 Å². The van der Waals surface area contributed by atoms with Crippen LogP contribution in [0, 0.1) is 0 Å². The normalized spacial score (nSPS) is 21.2. The Morgan fingerprint density at radius 1 is 1.50 bits per heavy atom. The zero-order chi connectivity index (χ0) is 9.26. The molecule has 1 aromatic heterocycles. The first-order chi connectivity index (χ1) is 6.27. The van der Waals surface area contributed by atoms with Crippen molar-refractivity contribution >= 4 is 12.4 Å². The fourth-order valence-electron chi connectivity index (χ4n) is 1.74. The van der Waals surface area contributed by atoms with Crippen molar-refractivity contribution in [3.63, 3.8) is 0 Å². The Labute approximate surface area is 91.1 Å². The van der Waals surface area contributed by atoms with Crippen molar-refractivity contribution in [3.8, 4) is 0 Å². The third-order valence-electron chi connectivity index (χ3n) is 2.63. The lowest BCUT2D eigenvalue weighted by molar-refractivity contribution is 0.609. The van der Waals surface area contributed by atoms with Crippen molar-refractivity contribution in [2.24, 2.45) is 0 Å². The van der Waals surface area contributed by atoms with Crippen LogP contribution in [-0.4, -0.2) is 16.5 Å². The summed E-state index contributed by atoms with van der Waals surface area (Å²) in [6, 6.07) is 0.465. The van der Waals surface area contributed by atoms with E-state index in [4.69, 9.17) is 0 Å². The predicted octanol–water partition coefficient (Wildman–Crippen LogP) is 2.38. The first-order valence-electron chi connectivity index (χ1n) is 5.05. The van der Waals surface area contributed by atoms with E-state index in [0.717, 1.165) is 12.4 Å². The molecule has 1 aliphatic heterocycles. The van der Waals surface area contributed by atoms with E-state index in [9.17, 15) is 0 Å². The molecule has 1 atom stereocenters. The summed E-state index contributed by atoms with van der Waals surface area (Å²) in [6.45, 7) is 5.49. The lowest BCUT2D eigenvalue weighted by Gasteiger charge is -2.05. The average molecular weight is 216 g/mol. The number of aromatic nitrogens is 2. The van der Waals surface area contributed by atoms with Gasteiger partial charge in [0.05, 0.1) is 6.04 Å². The van der Waals surface area contributed by atoms with Gasteiger partial charge in [-0.1, -0.05) is 13.8 Å². The minimum Gasteiger partial charge on any atom is -0.344 e. The predicted molar refractivity (Wildman–Crippen MR) is 59.9 cm³/mol. The van der Waals surface area contributed by atoms with Crippen LogP contribution in [0.5, 0.6) is 0 Å². The first-order valence-corrected chi connectivity index (χ1v) is 5.05. The van der Waals surface area contributed by atoms with Crippen molar-refractivity contribution in [1.82, 2.24) is 15.3 Å². The summed E-state index contributed by atoms with van der Waals surface area (Å²) in [5, 5.41) is 3.43. The van der Waals surface area contributed by atoms with E-state index in [-0.39, 0.29) is 12.4 Å². The van der Waals surface area contributed by atoms with Crippen molar-refractivity contribution in [2.45, 2.75) is 38.6 Å². The van der Waals surface area contributed by atoms with Gasteiger partial charge in [0.25, 0.3) is 0 Å². The van der Waals surface area contributed by atoms with E-state index in [1.165, 1.54) is 18.5 Å². The molecule has 0 aliphatic carbocycles. The summed E-state index contributed by atoms with van der Waals surface area (Å²) in [4.78, 5) is 7.78. The Morgan fingerprint density at radius 2 is 2.29 bits per heavy atom. The van der Waals surface area contributed by atoms with Crippen LogP contribution in [0.4, 0.5) is 0 Å². The van der Waals surface area contributed by atoms with Crippen LogP contribution in [0.3, 0.4) is 0 Å². The van der Waals surface area contributed by atoms with E-state index >= 15 is 0 Å². The molecule has 0 amide bonds. The number of halogens is 1. The molecule has 1 aromatic rings. The van der Waals surface area contributed by atoms with Crippen LogP contribution >= 0.6 is 12.4 Å². The summed E-state index contributed by atoms with van der Waals surface area (Å²) in [5.74, 6) is 1.66. The van der Waals surface area contributed by atoms with Gasteiger partial charge in [-0.2, -0.15) is 0 Å². The Kier molecular flexibility index (Phi) is 3.96. The maximum absolute atomic E-state index is 4.40. The first kappa shape index (κ1) is 11.5. The molecule has 1 fully saturated rings. The number of hydrogen-bond donors (Lipinski definition) is 2. The van der Waals surface area contributed by atoms with E-state index in [1.54, 1.807) is 0 Å². The molecular formula is C10H18ClN3. The smallest absolute Gasteiger partial charge is 0.123 e. The molecule has 1 aliphatic rings. The Hall–Kier alpha value is -0.540. The van der Waals surface area contributed by atoms with Crippen LogP contribution in [-0.2, 0) is 0 Å². The standard InChI is InChI=1S/C10H17N3.ClH/c1-7(2)9-6-12-10(13-9)8-4-3-5-11-8;/h6-8,11H,3-5H2,1-2H3,(H,12,13);1H/t8-;/m0./s1. The highest BCUT2D eigenvalue weighted by atomic mass is 35.5. The van der Waals surface area contributed by atoms with Crippen LogP contribution < -0.4 is 5.32 Å². The summed E-state index contributed by atoms with van der Waals surface area (Å²) in [5.41, 5.74) is 1.24. The van der Waals surface area contributed by atoms with Gasteiger partial charge in [-0.25, -0.2) is 4.98 Å². The number of aromatic amines is 1. The lowest BCUT2D eigenvalue weighted by Crippen LogP contribution is -2.14. The van der Waals surface area contributed by atoms with Crippen molar-refractivity contribution in [3.05, 3.63) is 17.7 Å². The zero-order valence-electron chi connectivity index (χ0n) is 8.71. The molecular weight excluding hydrogens is 198 g/mol. The van der Waals surface area contributed by atoms with Gasteiger partial charge in [0, 0.05) is 11.9 Å². The number of H-pyrrole nitrogens is 1. The molecule has 4 heteroatoms. The molecule has 2 N–H and O–H groups in total. The fraction of sp³-hybridized carbons (Fsp3) is 0.700. The third kappa shape index (κ3) is 2.28. The minimum atomic E-state index is 0. The number of imidazole rings is 1. The van der Waals surface area contributed by atoms with Gasteiger partial charge in [0.2, 0.25) is 0 Å². The largest absolute Gasteiger partial charge is 0.344 e. The topological polar surface area (TPSA) is 40.7 Å². The Morgan fingerprint density at radius 3 is 2.79 bits per heavy atom. The van der Waals surface area contributed by atoms with Crippen LogP contribution in [0.1, 0.15) is 50.2 Å². The van der Waals surface area contributed by atoms with Gasteiger partial charge in [0.1, 0.15) is 5.82 Å². The highest BCUT2D eigenvalue weighted by Crippen LogP contribution is 2.21. The molecule has 0 aromatic carbocycles. The second kappa shape index (κ2) is 4.80. The van der Waals surface area contributed by atoms with Crippen molar-refractivity contribution < 1.29 is 0 Å². The number of nitrogens with one attached hydrogen (secondary N) is 2. The van der Waals surface area contributed by atoms with E-state index in [0.29, 0.717) is 12.0 Å². The molecule has 2 heterocycles. The quantitative estimate of drug-likeness (QED) is 0.796. The van der Waals surface area contributed by atoms with Crippen molar-refractivity contribution in [2.75, 3.05) is 6.54 Å². The number of rotatable bonds is 2. The Balaban J connectivity index is 0.000000980. The lowest BCUT2D eigenvalue weighted by atomic mass is 10.1. The molecule has 80 valence electrons. The average Bonchev–Trinajstić information content (AvgIpc) is 2.75. The molecule has 0 radical (unpaired) electrons. The Bertz CT molecular complexity index is 277. The zero-order valence-corrected chi connectivity index (χ0v) is 9.53. The van der Waals surface area contributed by atoms with E-state index in [2.05, 4.69) is 29.1 Å². The molecule has 2 rings (SSSR count).